The first-order valence-electron chi connectivity index (χ1n) is 7.45. The Morgan fingerprint density at radius 3 is 3.14 bits per heavy atom. The average molecular weight is 288 g/mol. The van der Waals surface area contributed by atoms with Crippen molar-refractivity contribution in [2.75, 3.05) is 13.2 Å². The first kappa shape index (κ1) is 14.2. The van der Waals surface area contributed by atoms with E-state index in [4.69, 9.17) is 9.63 Å². The summed E-state index contributed by atoms with van der Waals surface area (Å²) in [6, 6.07) is 6.15. The van der Waals surface area contributed by atoms with Gasteiger partial charge in [0, 0.05) is 18.8 Å². The number of aliphatic hydroxyl groups is 1. The van der Waals surface area contributed by atoms with Crippen molar-refractivity contribution >= 4 is 0 Å². The number of aromatic nitrogens is 3. The molecule has 21 heavy (non-hydrogen) atoms. The molecule has 1 saturated heterocycles. The highest BCUT2D eigenvalue weighted by Gasteiger charge is 2.25. The standard InChI is InChI=1S/C15H20N4O2/c20-10-4-6-12-5-3-9-19(12)11-14-17-15(18-21-14)13-7-1-2-8-16-13/h1-2,7-8,12,20H,3-6,9-11H2. The molecule has 1 atom stereocenters. The van der Waals surface area contributed by atoms with Crippen LogP contribution in [0.15, 0.2) is 28.9 Å². The molecule has 2 aromatic rings. The van der Waals surface area contributed by atoms with Crippen molar-refractivity contribution in [2.45, 2.75) is 38.3 Å². The summed E-state index contributed by atoms with van der Waals surface area (Å²) in [5.74, 6) is 1.17. The van der Waals surface area contributed by atoms with E-state index in [9.17, 15) is 0 Å². The molecule has 1 N–H and O–H groups in total. The largest absolute Gasteiger partial charge is 0.396 e. The zero-order valence-corrected chi connectivity index (χ0v) is 12.0. The second kappa shape index (κ2) is 6.78. The number of likely N-dealkylation sites (tertiary alicyclic amines) is 1. The maximum Gasteiger partial charge on any atom is 0.241 e. The minimum atomic E-state index is 0.259. The quantitative estimate of drug-likeness (QED) is 0.874. The van der Waals surface area contributed by atoms with E-state index in [0.29, 0.717) is 24.3 Å². The SMILES string of the molecule is OCCCC1CCCN1Cc1nc(-c2ccccn2)no1. The van der Waals surface area contributed by atoms with Gasteiger partial charge in [0.1, 0.15) is 5.69 Å². The van der Waals surface area contributed by atoms with E-state index in [1.54, 1.807) is 6.20 Å². The van der Waals surface area contributed by atoms with Gasteiger partial charge < -0.3 is 9.63 Å². The lowest BCUT2D eigenvalue weighted by molar-refractivity contribution is 0.188. The second-order valence-corrected chi connectivity index (χ2v) is 5.36. The Labute approximate surface area is 123 Å². The van der Waals surface area contributed by atoms with Crippen LogP contribution < -0.4 is 0 Å². The summed E-state index contributed by atoms with van der Waals surface area (Å²) >= 11 is 0. The molecule has 3 heterocycles. The Kier molecular flexibility index (Phi) is 4.57. The van der Waals surface area contributed by atoms with Gasteiger partial charge in [-0.25, -0.2) is 0 Å². The molecular weight excluding hydrogens is 268 g/mol. The van der Waals surface area contributed by atoms with Crippen LogP contribution in [0.2, 0.25) is 0 Å². The van der Waals surface area contributed by atoms with Crippen molar-refractivity contribution < 1.29 is 9.63 Å². The van der Waals surface area contributed by atoms with E-state index >= 15 is 0 Å². The number of hydrogen-bond donors (Lipinski definition) is 1. The van der Waals surface area contributed by atoms with E-state index in [1.165, 1.54) is 12.8 Å². The number of pyridine rings is 1. The molecular formula is C15H20N4O2. The summed E-state index contributed by atoms with van der Waals surface area (Å²) in [5, 5.41) is 13.0. The predicted molar refractivity (Wildman–Crippen MR) is 77.3 cm³/mol. The maximum absolute atomic E-state index is 8.97. The van der Waals surface area contributed by atoms with Crippen LogP contribution in [0.25, 0.3) is 11.5 Å². The zero-order chi connectivity index (χ0) is 14.5. The van der Waals surface area contributed by atoms with E-state index in [1.807, 2.05) is 18.2 Å². The average Bonchev–Trinajstić information content (AvgIpc) is 3.16. The van der Waals surface area contributed by atoms with E-state index < -0.39 is 0 Å². The fraction of sp³-hybridized carbons (Fsp3) is 0.533. The van der Waals surface area contributed by atoms with Gasteiger partial charge in [-0.2, -0.15) is 4.98 Å². The van der Waals surface area contributed by atoms with Crippen molar-refractivity contribution in [1.82, 2.24) is 20.0 Å². The van der Waals surface area contributed by atoms with Gasteiger partial charge in [0.15, 0.2) is 0 Å². The molecule has 1 aliphatic heterocycles. The highest BCUT2D eigenvalue weighted by molar-refractivity contribution is 5.46. The summed E-state index contributed by atoms with van der Waals surface area (Å²) in [6.07, 6.45) is 5.97. The van der Waals surface area contributed by atoms with Gasteiger partial charge in [-0.3, -0.25) is 9.88 Å². The Balaban J connectivity index is 1.64. The van der Waals surface area contributed by atoms with Gasteiger partial charge in [0.05, 0.1) is 6.54 Å². The highest BCUT2D eigenvalue weighted by Crippen LogP contribution is 2.23. The minimum absolute atomic E-state index is 0.259. The number of nitrogens with zero attached hydrogens (tertiary/aromatic N) is 4. The lowest BCUT2D eigenvalue weighted by Crippen LogP contribution is -2.29. The van der Waals surface area contributed by atoms with E-state index in [-0.39, 0.29) is 6.61 Å². The topological polar surface area (TPSA) is 75.3 Å². The monoisotopic (exact) mass is 288 g/mol. The minimum Gasteiger partial charge on any atom is -0.396 e. The molecule has 112 valence electrons. The summed E-state index contributed by atoms with van der Waals surface area (Å²) in [4.78, 5) is 11.0. The molecule has 0 aromatic carbocycles. The third kappa shape index (κ3) is 3.46. The fourth-order valence-corrected chi connectivity index (χ4v) is 2.85. The van der Waals surface area contributed by atoms with Gasteiger partial charge in [0.25, 0.3) is 0 Å². The van der Waals surface area contributed by atoms with Crippen molar-refractivity contribution in [1.29, 1.82) is 0 Å². The lowest BCUT2D eigenvalue weighted by Gasteiger charge is -2.22. The van der Waals surface area contributed by atoms with Gasteiger partial charge in [0.2, 0.25) is 11.7 Å². The van der Waals surface area contributed by atoms with Crippen LogP contribution in [0.1, 0.15) is 31.6 Å². The number of rotatable bonds is 6. The van der Waals surface area contributed by atoms with Crippen molar-refractivity contribution in [3.8, 4) is 11.5 Å². The van der Waals surface area contributed by atoms with Crippen LogP contribution in [-0.2, 0) is 6.54 Å². The molecule has 1 fully saturated rings. The molecule has 3 rings (SSSR count). The predicted octanol–water partition coefficient (Wildman–Crippen LogP) is 1.87. The van der Waals surface area contributed by atoms with Crippen molar-refractivity contribution in [3.63, 3.8) is 0 Å². The highest BCUT2D eigenvalue weighted by atomic mass is 16.5. The van der Waals surface area contributed by atoms with E-state index in [2.05, 4.69) is 20.0 Å². The van der Waals surface area contributed by atoms with Crippen molar-refractivity contribution in [2.24, 2.45) is 0 Å². The van der Waals surface area contributed by atoms with Gasteiger partial charge in [-0.1, -0.05) is 11.2 Å². The molecule has 0 radical (unpaired) electrons. The zero-order valence-electron chi connectivity index (χ0n) is 12.0. The molecule has 0 saturated carbocycles. The summed E-state index contributed by atoms with van der Waals surface area (Å²) in [5.41, 5.74) is 0.728. The van der Waals surface area contributed by atoms with Crippen LogP contribution in [0.5, 0.6) is 0 Å². The van der Waals surface area contributed by atoms with Crippen LogP contribution in [0.4, 0.5) is 0 Å². The fourth-order valence-electron chi connectivity index (χ4n) is 2.85. The molecule has 6 nitrogen and oxygen atoms in total. The first-order valence-corrected chi connectivity index (χ1v) is 7.45. The van der Waals surface area contributed by atoms with Crippen molar-refractivity contribution in [3.05, 3.63) is 30.3 Å². The van der Waals surface area contributed by atoms with Crippen LogP contribution >= 0.6 is 0 Å². The third-order valence-corrected chi connectivity index (χ3v) is 3.89. The normalized spacial score (nSPS) is 19.2. The molecule has 1 unspecified atom stereocenters. The van der Waals surface area contributed by atoms with Crippen LogP contribution in [0.3, 0.4) is 0 Å². The Bertz CT molecular complexity index is 558. The molecule has 6 heteroatoms. The molecule has 0 spiro atoms. The molecule has 0 amide bonds. The second-order valence-electron chi connectivity index (χ2n) is 5.36. The van der Waals surface area contributed by atoms with Crippen LogP contribution in [-0.4, -0.2) is 44.3 Å². The van der Waals surface area contributed by atoms with Gasteiger partial charge in [-0.15, -0.1) is 0 Å². The summed E-state index contributed by atoms with van der Waals surface area (Å²) < 4.78 is 5.34. The maximum atomic E-state index is 8.97. The number of aliphatic hydroxyl groups excluding tert-OH is 1. The number of hydrogen-bond acceptors (Lipinski definition) is 6. The molecule has 2 aromatic heterocycles. The summed E-state index contributed by atoms with van der Waals surface area (Å²) in [6.45, 7) is 1.99. The molecule has 0 aliphatic carbocycles. The van der Waals surface area contributed by atoms with Gasteiger partial charge >= 0.3 is 0 Å². The molecule has 1 aliphatic rings. The smallest absolute Gasteiger partial charge is 0.241 e. The Hall–Kier alpha value is -1.79. The first-order chi connectivity index (χ1) is 10.4. The van der Waals surface area contributed by atoms with Crippen LogP contribution in [0, 0.1) is 0 Å². The summed E-state index contributed by atoms with van der Waals surface area (Å²) in [7, 11) is 0. The third-order valence-electron chi connectivity index (χ3n) is 3.89. The van der Waals surface area contributed by atoms with E-state index in [0.717, 1.165) is 25.1 Å². The lowest BCUT2D eigenvalue weighted by atomic mass is 10.1. The Morgan fingerprint density at radius 1 is 1.38 bits per heavy atom. The molecule has 0 bridgehead atoms. The van der Waals surface area contributed by atoms with Gasteiger partial charge in [-0.05, 0) is 44.4 Å². The Morgan fingerprint density at radius 2 is 2.33 bits per heavy atom.